The lowest BCUT2D eigenvalue weighted by molar-refractivity contribution is -0.306. The summed E-state index contributed by atoms with van der Waals surface area (Å²) in [4.78, 5) is 19.6. The van der Waals surface area contributed by atoms with Crippen molar-refractivity contribution in [3.63, 3.8) is 0 Å². The van der Waals surface area contributed by atoms with E-state index in [1.165, 1.54) is 0 Å². The van der Waals surface area contributed by atoms with Gasteiger partial charge in [0, 0.05) is 0 Å². The summed E-state index contributed by atoms with van der Waals surface area (Å²) in [6, 6.07) is 0. The van der Waals surface area contributed by atoms with E-state index in [1.807, 2.05) is 0 Å². The molecular weight excluding hydrogens is 312 g/mol. The highest BCUT2D eigenvalue weighted by Gasteiger charge is 2.37. The molecule has 0 fully saturated rings. The molecule has 14 nitrogen and oxygen atoms in total. The van der Waals surface area contributed by atoms with Gasteiger partial charge in [0.2, 0.25) is 0 Å². The summed E-state index contributed by atoms with van der Waals surface area (Å²) in [6.07, 6.45) is 0. The van der Waals surface area contributed by atoms with E-state index in [-0.39, 0.29) is 0 Å². The van der Waals surface area contributed by atoms with Gasteiger partial charge in [-0.25, -0.2) is 20.2 Å². The molecule has 0 aliphatic rings. The summed E-state index contributed by atoms with van der Waals surface area (Å²) in [5.41, 5.74) is 0. The zero-order valence-electron chi connectivity index (χ0n) is 7.20. The molecule has 0 atom stereocenters. The summed E-state index contributed by atoms with van der Waals surface area (Å²) in [5, 5.41) is 19.6. The predicted molar refractivity (Wildman–Crippen MR) is 47.0 cm³/mol. The molecule has 0 rings (SSSR count). The van der Waals surface area contributed by atoms with Crippen LogP contribution < -0.4 is 8.25 Å². The monoisotopic (exact) mass is 314 g/mol. The summed E-state index contributed by atoms with van der Waals surface area (Å²) >= 11 is 0. The van der Waals surface area contributed by atoms with Crippen molar-refractivity contribution in [1.29, 1.82) is 0 Å². The molecule has 0 heterocycles. The summed E-state index contributed by atoms with van der Waals surface area (Å²) in [7, 11) is -16.8. The SMILES string of the molecule is O=[N+]([O-])S(=O)(=O)NS(=O)(=O)NS(=O)(=O)[N+](=O)[O-]. The van der Waals surface area contributed by atoms with Crippen LogP contribution >= 0.6 is 0 Å². The second kappa shape index (κ2) is 4.44. The van der Waals surface area contributed by atoms with Crippen molar-refractivity contribution in [3.8, 4) is 0 Å². The quantitative estimate of drug-likeness (QED) is 0.363. The number of hydrogen-bond acceptors (Lipinski definition) is 10. The van der Waals surface area contributed by atoms with Gasteiger partial charge in [-0.2, -0.15) is 8.42 Å². The number of nitro groups is 2. The van der Waals surface area contributed by atoms with Crippen LogP contribution in [0.3, 0.4) is 0 Å². The third-order valence-electron chi connectivity index (χ3n) is 0.823. The third kappa shape index (κ3) is 4.52. The lowest BCUT2D eigenvalue weighted by atomic mass is 13.4. The Morgan fingerprint density at radius 1 is 0.706 bits per heavy atom. The van der Waals surface area contributed by atoms with E-state index in [9.17, 15) is 45.5 Å². The van der Waals surface area contributed by atoms with Crippen LogP contribution in [-0.2, 0) is 30.6 Å². The smallest absolute Gasteiger partial charge is 0.246 e. The van der Waals surface area contributed by atoms with Gasteiger partial charge in [-0.3, -0.25) is 0 Å². The van der Waals surface area contributed by atoms with Crippen molar-refractivity contribution < 1.29 is 33.9 Å². The van der Waals surface area contributed by atoms with Crippen molar-refractivity contribution in [2.75, 3.05) is 0 Å². The molecular formula is H2N4O10S3. The van der Waals surface area contributed by atoms with E-state index in [4.69, 9.17) is 0 Å². The Kier molecular flexibility index (Phi) is 4.07. The zero-order chi connectivity index (χ0) is 14.1. The van der Waals surface area contributed by atoms with Gasteiger partial charge in [0.15, 0.2) is 8.66 Å². The van der Waals surface area contributed by atoms with Crippen LogP contribution in [-0.4, -0.2) is 33.9 Å². The Bertz CT molecular complexity index is 580. The third-order valence-corrected chi connectivity index (χ3v) is 5.05. The minimum absolute atomic E-state index is 0.294. The molecule has 0 unspecified atom stereocenters. The molecule has 0 bridgehead atoms. The predicted octanol–water partition coefficient (Wildman–Crippen LogP) is -3.55. The molecule has 0 aliphatic heterocycles. The minimum Gasteiger partial charge on any atom is -0.246 e. The van der Waals surface area contributed by atoms with E-state index >= 15 is 0 Å². The van der Waals surface area contributed by atoms with Gasteiger partial charge in [0.25, 0.3) is 0 Å². The Balaban J connectivity index is 5.26. The van der Waals surface area contributed by atoms with Gasteiger partial charge in [-0.15, -0.1) is 16.8 Å². The first-order valence-corrected chi connectivity index (χ1v) is 7.28. The minimum atomic E-state index is -5.62. The fourth-order valence-corrected chi connectivity index (χ4v) is 3.50. The normalized spacial score (nSPS) is 13.2. The molecule has 0 spiro atoms. The van der Waals surface area contributed by atoms with Crippen LogP contribution in [0.15, 0.2) is 0 Å². The van der Waals surface area contributed by atoms with Gasteiger partial charge < -0.3 is 0 Å². The second-order valence-corrected chi connectivity index (χ2v) is 6.90. The van der Waals surface area contributed by atoms with Crippen molar-refractivity contribution in [2.24, 2.45) is 0 Å². The van der Waals surface area contributed by atoms with E-state index in [0.29, 0.717) is 8.25 Å². The Morgan fingerprint density at radius 3 is 1.12 bits per heavy atom. The maximum atomic E-state index is 10.7. The highest BCUT2D eigenvalue weighted by molar-refractivity contribution is 8.07. The van der Waals surface area contributed by atoms with Gasteiger partial charge in [-0.1, -0.05) is 0 Å². The molecule has 0 radical (unpaired) electrons. The van der Waals surface area contributed by atoms with Crippen molar-refractivity contribution in [2.45, 2.75) is 0 Å². The van der Waals surface area contributed by atoms with Crippen molar-refractivity contribution in [1.82, 2.24) is 8.25 Å². The first-order chi connectivity index (χ1) is 7.30. The zero-order valence-corrected chi connectivity index (χ0v) is 9.65. The maximum Gasteiger partial charge on any atom is 0.510 e. The highest BCUT2D eigenvalue weighted by atomic mass is 32.3. The second-order valence-electron chi connectivity index (χ2n) is 2.07. The van der Waals surface area contributed by atoms with Crippen LogP contribution in [0.25, 0.3) is 0 Å². The van der Waals surface area contributed by atoms with E-state index in [0.717, 1.165) is 0 Å². The summed E-state index contributed by atoms with van der Waals surface area (Å²) in [5.74, 6) is 0. The molecule has 0 saturated heterocycles. The Labute approximate surface area is 93.5 Å². The molecule has 0 aromatic heterocycles. The summed E-state index contributed by atoms with van der Waals surface area (Å²) < 4.78 is 59.4. The van der Waals surface area contributed by atoms with E-state index in [2.05, 4.69) is 0 Å². The van der Waals surface area contributed by atoms with Crippen LogP contribution in [0.5, 0.6) is 0 Å². The van der Waals surface area contributed by atoms with Crippen LogP contribution in [0, 0.1) is 20.2 Å². The van der Waals surface area contributed by atoms with Crippen LogP contribution in [0.4, 0.5) is 0 Å². The molecule has 2 N–H and O–H groups in total. The van der Waals surface area contributed by atoms with Crippen LogP contribution in [0.1, 0.15) is 0 Å². The first kappa shape index (κ1) is 15.6. The molecule has 17 heavy (non-hydrogen) atoms. The molecule has 0 aromatic rings. The lowest BCUT2D eigenvalue weighted by Gasteiger charge is -2.00. The average molecular weight is 314 g/mol. The van der Waals surface area contributed by atoms with Gasteiger partial charge in [0.1, 0.15) is 0 Å². The maximum absolute atomic E-state index is 10.7. The first-order valence-electron chi connectivity index (χ1n) is 2.91. The van der Waals surface area contributed by atoms with Crippen molar-refractivity contribution >= 4 is 30.6 Å². The number of rotatable bonds is 6. The molecule has 0 saturated carbocycles. The number of hydrogen-bond donors (Lipinski definition) is 2. The van der Waals surface area contributed by atoms with Crippen molar-refractivity contribution in [3.05, 3.63) is 20.2 Å². The molecule has 0 aliphatic carbocycles. The fourth-order valence-electron chi connectivity index (χ4n) is 0.355. The van der Waals surface area contributed by atoms with Gasteiger partial charge in [-0.05, 0) is 8.25 Å². The standard InChI is InChI=1S/H2N4O10S3/c5-3(6)16(11,12)1-15(9,10)2-17(13,14)4(7)8/h1-2H. The topological polar surface area (TPSA) is 213 Å². The fraction of sp³-hybridized carbons (Fsp3) is 0. The molecule has 17 heteroatoms. The average Bonchev–Trinajstić information content (AvgIpc) is 1.98. The summed E-state index contributed by atoms with van der Waals surface area (Å²) in [6.45, 7) is 0. The molecule has 0 aromatic carbocycles. The lowest BCUT2D eigenvalue weighted by Crippen LogP contribution is -2.46. The molecule has 0 amide bonds. The van der Waals surface area contributed by atoms with E-state index < -0.39 is 39.3 Å². The molecule has 100 valence electrons. The van der Waals surface area contributed by atoms with Gasteiger partial charge in [0.05, 0.1) is 0 Å². The Morgan fingerprint density at radius 2 is 0.941 bits per heavy atom. The largest absolute Gasteiger partial charge is 0.510 e. The number of nitrogens with one attached hydrogen (secondary N) is 2. The van der Waals surface area contributed by atoms with Crippen LogP contribution in [0.2, 0.25) is 0 Å². The van der Waals surface area contributed by atoms with E-state index in [1.54, 1.807) is 0 Å². The number of nitrogens with zero attached hydrogens (tertiary/aromatic N) is 2. The highest BCUT2D eigenvalue weighted by Crippen LogP contribution is 1.93. The Hall–Kier alpha value is -1.43. The van der Waals surface area contributed by atoms with Gasteiger partial charge >= 0.3 is 30.6 Å².